The van der Waals surface area contributed by atoms with Crippen molar-refractivity contribution in [3.63, 3.8) is 0 Å². The van der Waals surface area contributed by atoms with Crippen molar-refractivity contribution in [2.45, 2.75) is 12.1 Å². The fourth-order valence-corrected chi connectivity index (χ4v) is 5.03. The Labute approximate surface area is 200 Å². The van der Waals surface area contributed by atoms with E-state index in [0.717, 1.165) is 39.5 Å². The highest BCUT2D eigenvalue weighted by molar-refractivity contribution is 6.35. The number of rotatable bonds is 3. The van der Waals surface area contributed by atoms with Crippen LogP contribution in [0.1, 0.15) is 28.8 Å². The fraction of sp³-hybridized carbons (Fsp3) is 0.120. The van der Waals surface area contributed by atoms with Gasteiger partial charge in [0, 0.05) is 26.7 Å². The maximum Gasteiger partial charge on any atom is 0.226 e. The summed E-state index contributed by atoms with van der Waals surface area (Å²) in [6.45, 7) is 0. The maximum atomic E-state index is 6.72. The van der Waals surface area contributed by atoms with Gasteiger partial charge in [0.15, 0.2) is 0 Å². The molecule has 3 aromatic carbocycles. The van der Waals surface area contributed by atoms with Gasteiger partial charge in [-0.1, -0.05) is 53.5 Å². The highest BCUT2D eigenvalue weighted by Crippen LogP contribution is 2.51. The number of ether oxygens (including phenoxy) is 2. The quantitative estimate of drug-likeness (QED) is 0.383. The van der Waals surface area contributed by atoms with E-state index in [1.807, 2.05) is 65.3 Å². The second-order valence-corrected chi connectivity index (χ2v) is 8.67. The zero-order valence-electron chi connectivity index (χ0n) is 17.5. The van der Waals surface area contributed by atoms with Crippen molar-refractivity contribution >= 4 is 34.8 Å². The van der Waals surface area contributed by atoms with Crippen LogP contribution in [0.15, 0.2) is 78.6 Å². The number of hydrogen-bond donors (Lipinski definition) is 1. The summed E-state index contributed by atoms with van der Waals surface area (Å²) in [7, 11) is 1.65. The Kier molecular flexibility index (Phi) is 4.78. The Morgan fingerprint density at radius 2 is 1.91 bits per heavy atom. The Balaban J connectivity index is 1.64. The molecule has 164 valence electrons. The molecule has 6 rings (SSSR count). The molecule has 3 heterocycles. The zero-order valence-corrected chi connectivity index (χ0v) is 19.0. The summed E-state index contributed by atoms with van der Waals surface area (Å²) in [5, 5.41) is 9.12. The molecule has 0 fully saturated rings. The molecule has 8 heteroatoms. The van der Waals surface area contributed by atoms with Gasteiger partial charge in [-0.15, -0.1) is 0 Å². The van der Waals surface area contributed by atoms with E-state index in [2.05, 4.69) is 15.4 Å². The third-order valence-electron chi connectivity index (χ3n) is 5.98. The first-order valence-electron chi connectivity index (χ1n) is 10.4. The van der Waals surface area contributed by atoms with Crippen molar-refractivity contribution in [1.82, 2.24) is 14.8 Å². The molecule has 0 aliphatic carbocycles. The molecule has 0 saturated carbocycles. The average molecular weight is 477 g/mol. The third kappa shape index (κ3) is 3.25. The Hall–Kier alpha value is -3.48. The first-order chi connectivity index (χ1) is 16.1. The standard InChI is InChI=1S/C25H18Cl2N4O2/c1-32-16-6-4-5-14(11-16)24-21-22(18-7-2-3-8-20(18)33-24)30-25-28-13-29-31(25)23(21)17-10-9-15(26)12-19(17)27/h2-13,23-24H,1H3,(H,28,29,30)/t23-,24+/m1/s1. The smallest absolute Gasteiger partial charge is 0.226 e. The van der Waals surface area contributed by atoms with Gasteiger partial charge in [0.2, 0.25) is 5.95 Å². The van der Waals surface area contributed by atoms with Gasteiger partial charge in [0.05, 0.1) is 12.8 Å². The van der Waals surface area contributed by atoms with E-state index in [-0.39, 0.29) is 6.04 Å². The number of nitrogens with one attached hydrogen (secondary N) is 1. The maximum absolute atomic E-state index is 6.72. The van der Waals surface area contributed by atoms with Crippen LogP contribution in [0.4, 0.5) is 5.95 Å². The zero-order chi connectivity index (χ0) is 22.5. The van der Waals surface area contributed by atoms with Crippen LogP contribution >= 0.6 is 23.2 Å². The first-order valence-corrected chi connectivity index (χ1v) is 11.1. The Bertz CT molecular complexity index is 1420. The minimum Gasteiger partial charge on any atom is -0.497 e. The molecule has 4 aromatic rings. The second-order valence-electron chi connectivity index (χ2n) is 7.82. The summed E-state index contributed by atoms with van der Waals surface area (Å²) in [5.41, 5.74) is 4.68. The van der Waals surface area contributed by atoms with Gasteiger partial charge in [-0.25, -0.2) is 4.68 Å². The largest absolute Gasteiger partial charge is 0.497 e. The highest BCUT2D eigenvalue weighted by atomic mass is 35.5. The Morgan fingerprint density at radius 3 is 2.76 bits per heavy atom. The lowest BCUT2D eigenvalue weighted by molar-refractivity contribution is 0.222. The van der Waals surface area contributed by atoms with Gasteiger partial charge >= 0.3 is 0 Å². The Morgan fingerprint density at radius 1 is 1.03 bits per heavy atom. The predicted molar refractivity (Wildman–Crippen MR) is 128 cm³/mol. The van der Waals surface area contributed by atoms with Gasteiger partial charge in [-0.05, 0) is 42.0 Å². The lowest BCUT2D eigenvalue weighted by Gasteiger charge is -2.39. The molecule has 33 heavy (non-hydrogen) atoms. The SMILES string of the molecule is COc1cccc([C@@H]2Oc3ccccc3C3=C2[C@@H](c2ccc(Cl)cc2Cl)n2ncnc2N3)c1. The number of para-hydroxylation sites is 1. The van der Waals surface area contributed by atoms with Crippen molar-refractivity contribution in [3.8, 4) is 11.5 Å². The fourth-order valence-electron chi connectivity index (χ4n) is 4.52. The van der Waals surface area contributed by atoms with Crippen molar-refractivity contribution in [2.75, 3.05) is 12.4 Å². The molecular weight excluding hydrogens is 459 g/mol. The van der Waals surface area contributed by atoms with Crippen LogP contribution < -0.4 is 14.8 Å². The molecule has 2 atom stereocenters. The molecule has 0 unspecified atom stereocenters. The van der Waals surface area contributed by atoms with E-state index >= 15 is 0 Å². The van der Waals surface area contributed by atoms with Crippen LogP contribution in [0.25, 0.3) is 5.70 Å². The number of hydrogen-bond acceptors (Lipinski definition) is 5. The van der Waals surface area contributed by atoms with Gasteiger partial charge in [0.1, 0.15) is 30.0 Å². The number of aromatic nitrogens is 3. The van der Waals surface area contributed by atoms with Crippen molar-refractivity contribution < 1.29 is 9.47 Å². The van der Waals surface area contributed by atoms with Gasteiger partial charge < -0.3 is 14.8 Å². The first kappa shape index (κ1) is 20.1. The summed E-state index contributed by atoms with van der Waals surface area (Å²) in [6.07, 6.45) is 1.12. The van der Waals surface area contributed by atoms with Crippen molar-refractivity contribution in [2.24, 2.45) is 0 Å². The number of anilines is 1. The van der Waals surface area contributed by atoms with Crippen molar-refractivity contribution in [1.29, 1.82) is 0 Å². The molecule has 1 N–H and O–H groups in total. The summed E-state index contributed by atoms with van der Waals surface area (Å²) in [4.78, 5) is 4.45. The van der Waals surface area contributed by atoms with Crippen LogP contribution in [0, 0.1) is 0 Å². The predicted octanol–water partition coefficient (Wildman–Crippen LogP) is 6.15. The number of nitrogens with zero attached hydrogens (tertiary/aromatic N) is 3. The molecule has 1 aromatic heterocycles. The van der Waals surface area contributed by atoms with Crippen LogP contribution in [0.5, 0.6) is 11.5 Å². The number of benzene rings is 3. The summed E-state index contributed by atoms with van der Waals surface area (Å²) in [6, 6.07) is 21.0. The topological polar surface area (TPSA) is 61.2 Å². The lowest BCUT2D eigenvalue weighted by Crippen LogP contribution is -2.32. The molecule has 0 radical (unpaired) electrons. The molecule has 2 aliphatic heterocycles. The average Bonchev–Trinajstić information content (AvgIpc) is 3.31. The van der Waals surface area contributed by atoms with Crippen LogP contribution in [0.3, 0.4) is 0 Å². The lowest BCUT2D eigenvalue weighted by atomic mass is 9.84. The van der Waals surface area contributed by atoms with Gasteiger partial charge in [0.25, 0.3) is 0 Å². The molecular formula is C25H18Cl2N4O2. The summed E-state index contributed by atoms with van der Waals surface area (Å²) < 4.78 is 13.9. The minimum absolute atomic E-state index is 0.354. The van der Waals surface area contributed by atoms with Crippen molar-refractivity contribution in [3.05, 3.63) is 105 Å². The van der Waals surface area contributed by atoms with Gasteiger partial charge in [-0.3, -0.25) is 0 Å². The highest BCUT2D eigenvalue weighted by Gasteiger charge is 2.41. The summed E-state index contributed by atoms with van der Waals surface area (Å²) >= 11 is 12.9. The summed E-state index contributed by atoms with van der Waals surface area (Å²) in [5.74, 6) is 2.17. The molecule has 0 spiro atoms. The molecule has 2 aliphatic rings. The molecule has 0 bridgehead atoms. The van der Waals surface area contributed by atoms with Gasteiger partial charge in [-0.2, -0.15) is 10.1 Å². The van der Waals surface area contributed by atoms with E-state index < -0.39 is 6.10 Å². The number of halogens is 2. The third-order valence-corrected chi connectivity index (χ3v) is 6.54. The van der Waals surface area contributed by atoms with Crippen LogP contribution in [0.2, 0.25) is 10.0 Å². The molecule has 6 nitrogen and oxygen atoms in total. The van der Waals surface area contributed by atoms with E-state index in [9.17, 15) is 0 Å². The van der Waals surface area contributed by atoms with Crippen LogP contribution in [-0.4, -0.2) is 21.9 Å². The molecule has 0 saturated heterocycles. The number of fused-ring (bicyclic) bond motifs is 3. The monoisotopic (exact) mass is 476 g/mol. The van der Waals surface area contributed by atoms with E-state index in [0.29, 0.717) is 16.0 Å². The number of methoxy groups -OCH3 is 1. The second kappa shape index (κ2) is 7.83. The normalized spacial score (nSPS) is 18.5. The molecule has 0 amide bonds. The van der Waals surface area contributed by atoms with E-state index in [1.165, 1.54) is 6.33 Å². The van der Waals surface area contributed by atoms with E-state index in [1.54, 1.807) is 13.2 Å². The van der Waals surface area contributed by atoms with E-state index in [4.69, 9.17) is 32.7 Å². The minimum atomic E-state index is -0.411. The van der Waals surface area contributed by atoms with Crippen LogP contribution in [-0.2, 0) is 0 Å².